The largest absolute Gasteiger partial charge is 1.00 e. The van der Waals surface area contributed by atoms with Crippen molar-refractivity contribution < 1.29 is 107 Å². The molecule has 0 heterocycles. The normalized spacial score (nSPS) is 11.8. The zero-order valence-electron chi connectivity index (χ0n) is 47.1. The number of rotatable bonds is 24. The standard InChI is InChI=1S/C22H22O2P.C18H24O4.C14H14O2.C10H12O2.3CH4.BrH.2Na/c1-2-24-22(23)18-25(19-12-6-3-7-13-19,20-14-8-4-9-15-20)21-16-10-5-11-17-21;1-5-21-17(19)13-11-15(3)9-7-8-10-16(4)12-14-18(20)22-6-2;1-13(9-5-11-15)7-3-4-8-14(2)10-6-12-16;1-9(7-11)5-3-4-6-10(2)8-12;;;;;;/h3-17H,2,18H2,1H3;7-14H,5-6H2,1-4H3;3-10H,1-2H3;3-8H,1-2H3;3*1H4;1H;;/q+1;;-2;;;;;;2*+1/b;8-7+,13-11+,14-12+,15-9+,16-10+;4-3+,9-5+,10-6+,13-7+,14-8+;4-3+,9-5+,10-6+;;;;;;. The zero-order valence-corrected chi connectivity index (χ0v) is 53.7. The number of carbonyl (C=O) groups is 5. The van der Waals surface area contributed by atoms with Gasteiger partial charge in [-0.3, -0.25) is 9.59 Å². The maximum atomic E-state index is 12.6. The van der Waals surface area contributed by atoms with Crippen molar-refractivity contribution in [3.05, 3.63) is 246 Å². The molecule has 10 nitrogen and oxygen atoms in total. The van der Waals surface area contributed by atoms with Crippen molar-refractivity contribution in [1.82, 2.24) is 0 Å². The molecular weight excluding hydrogens is 1120 g/mol. The summed E-state index contributed by atoms with van der Waals surface area (Å²) in [5.74, 6) is -0.842. The molecule has 0 radical (unpaired) electrons. The van der Waals surface area contributed by atoms with Crippen molar-refractivity contribution in [3.63, 3.8) is 0 Å². The number of ether oxygens (including phenoxy) is 3. The van der Waals surface area contributed by atoms with E-state index in [1.54, 1.807) is 88.9 Å². The zero-order chi connectivity index (χ0) is 56.0. The molecule has 3 rings (SSSR count). The van der Waals surface area contributed by atoms with Gasteiger partial charge in [0.05, 0.1) is 19.8 Å². The van der Waals surface area contributed by atoms with Crippen LogP contribution in [0.15, 0.2) is 246 Å². The molecule has 81 heavy (non-hydrogen) atoms. The summed E-state index contributed by atoms with van der Waals surface area (Å²) in [6.07, 6.45) is 39.2. The summed E-state index contributed by atoms with van der Waals surface area (Å²) in [4.78, 5) is 74.9. The molecule has 0 atom stereocenters. The Morgan fingerprint density at radius 3 is 0.926 bits per heavy atom. The van der Waals surface area contributed by atoms with E-state index in [1.165, 1.54) is 40.2 Å². The SMILES string of the molecule is Br.C.C.C.CC(/C=C/[C-]=O)=C\C=C\C=C(C)\C=C\[C-]=O.CCOC(=O)/C=C/C(C)=C/C=C/C=C(C)/C=C/C(=O)OCC.CCOC(=O)C[P+](c1ccccc1)(c1ccccc1)c1ccccc1.C\C(C=O)=C/C=C/C=C(\C)C=O.[Na+].[Na+]. The number of halogens is 1. The number of hydrogen-bond acceptors (Lipinski definition) is 10. The molecule has 14 heteroatoms. The second kappa shape index (κ2) is 58.9. The van der Waals surface area contributed by atoms with E-state index in [-0.39, 0.29) is 116 Å². The molecule has 0 aliphatic rings. The number of allylic oxidation sites excluding steroid dienone is 24. The number of aldehydes is 2. The summed E-state index contributed by atoms with van der Waals surface area (Å²) in [5, 5.41) is 3.58. The Morgan fingerprint density at radius 1 is 0.420 bits per heavy atom. The Morgan fingerprint density at radius 2 is 0.679 bits per heavy atom. The number of benzene rings is 3. The molecule has 0 bridgehead atoms. The summed E-state index contributed by atoms with van der Waals surface area (Å²) >= 11 is 0. The molecule has 0 fully saturated rings. The van der Waals surface area contributed by atoms with Gasteiger partial charge in [0, 0.05) is 12.2 Å². The van der Waals surface area contributed by atoms with E-state index in [1.807, 2.05) is 138 Å². The van der Waals surface area contributed by atoms with Gasteiger partial charge < -0.3 is 23.8 Å². The van der Waals surface area contributed by atoms with Gasteiger partial charge in [-0.1, -0.05) is 187 Å². The Bertz CT molecular complexity index is 2430. The minimum atomic E-state index is -2.11. The van der Waals surface area contributed by atoms with Crippen LogP contribution in [0.3, 0.4) is 0 Å². The van der Waals surface area contributed by atoms with Gasteiger partial charge in [0.2, 0.25) is 0 Å². The summed E-state index contributed by atoms with van der Waals surface area (Å²) in [7, 11) is -2.11. The monoisotopic (exact) mass is 1210 g/mol. The predicted molar refractivity (Wildman–Crippen MR) is 340 cm³/mol. The topological polar surface area (TPSA) is 147 Å². The summed E-state index contributed by atoms with van der Waals surface area (Å²) in [6.45, 7) is 17.5. The molecule has 0 amide bonds. The first-order valence-electron chi connectivity index (χ1n) is 24.1. The fourth-order valence-corrected chi connectivity index (χ4v) is 9.79. The van der Waals surface area contributed by atoms with Gasteiger partial charge in [-0.2, -0.15) is 12.2 Å². The average Bonchev–Trinajstić information content (AvgIpc) is 3.42. The van der Waals surface area contributed by atoms with Gasteiger partial charge in [-0.25, -0.2) is 26.5 Å². The Labute approximate surface area is 541 Å². The molecule has 0 saturated carbocycles. The van der Waals surface area contributed by atoms with Crippen molar-refractivity contribution >= 4 is 83.2 Å². The van der Waals surface area contributed by atoms with E-state index in [0.717, 1.165) is 34.9 Å². The van der Waals surface area contributed by atoms with Gasteiger partial charge in [-0.05, 0) is 109 Å². The molecule has 0 aromatic heterocycles. The third-order valence-electron chi connectivity index (χ3n) is 9.49. The molecule has 3 aromatic rings. The summed E-state index contributed by atoms with van der Waals surface area (Å²) in [5.41, 5.74) is 5.09. The van der Waals surface area contributed by atoms with Crippen LogP contribution in [-0.4, -0.2) is 69.0 Å². The Balaban J connectivity index is -0.000000182. The predicted octanol–water partition coefficient (Wildman–Crippen LogP) is 8.31. The van der Waals surface area contributed by atoms with Gasteiger partial charge in [-0.15, -0.1) is 28.1 Å². The molecule has 0 spiro atoms. The molecule has 0 unspecified atom stereocenters. The van der Waals surface area contributed by atoms with Crippen LogP contribution in [0.5, 0.6) is 0 Å². The fourth-order valence-electron chi connectivity index (χ4n) is 5.82. The van der Waals surface area contributed by atoms with Crippen LogP contribution in [0.2, 0.25) is 0 Å². The van der Waals surface area contributed by atoms with Gasteiger partial charge in [0.1, 0.15) is 35.7 Å². The van der Waals surface area contributed by atoms with Crippen LogP contribution in [0, 0.1) is 0 Å². The third-order valence-corrected chi connectivity index (χ3v) is 13.8. The summed E-state index contributed by atoms with van der Waals surface area (Å²) in [6, 6.07) is 31.1. The molecule has 3 aromatic carbocycles. The van der Waals surface area contributed by atoms with Crippen LogP contribution >= 0.6 is 24.2 Å². The smallest absolute Gasteiger partial charge is 0.463 e. The van der Waals surface area contributed by atoms with Crippen molar-refractivity contribution in [1.29, 1.82) is 0 Å². The van der Waals surface area contributed by atoms with Crippen molar-refractivity contribution in [2.45, 2.75) is 84.6 Å². The van der Waals surface area contributed by atoms with E-state index in [4.69, 9.17) is 14.2 Å². The van der Waals surface area contributed by atoms with E-state index >= 15 is 0 Å². The second-order valence-corrected chi connectivity index (χ2v) is 19.2. The Hall–Kier alpha value is -5.72. The third kappa shape index (κ3) is 44.6. The van der Waals surface area contributed by atoms with E-state index < -0.39 is 7.26 Å². The van der Waals surface area contributed by atoms with E-state index in [2.05, 4.69) is 36.4 Å². The van der Waals surface area contributed by atoms with Crippen LogP contribution in [0.4, 0.5) is 0 Å². The quantitative estimate of drug-likeness (QED) is 0.0125. The van der Waals surface area contributed by atoms with Crippen molar-refractivity contribution in [3.8, 4) is 0 Å². The first-order chi connectivity index (χ1) is 36.2. The maximum Gasteiger partial charge on any atom is 1.00 e. The van der Waals surface area contributed by atoms with Crippen molar-refractivity contribution in [2.24, 2.45) is 0 Å². The molecule has 0 saturated heterocycles. The first kappa shape index (κ1) is 89.1. The van der Waals surface area contributed by atoms with Gasteiger partial charge in [0.15, 0.2) is 6.16 Å². The number of hydrogen-bond donors (Lipinski definition) is 0. The minimum absolute atomic E-state index is 0. The van der Waals surface area contributed by atoms with Crippen LogP contribution in [0.25, 0.3) is 0 Å². The van der Waals surface area contributed by atoms with Gasteiger partial charge >= 0.3 is 77.0 Å². The van der Waals surface area contributed by atoms with Crippen LogP contribution in [0.1, 0.15) is 84.6 Å². The van der Waals surface area contributed by atoms with Gasteiger partial charge in [0.25, 0.3) is 0 Å². The second-order valence-electron chi connectivity index (χ2n) is 15.7. The maximum absolute atomic E-state index is 12.6. The minimum Gasteiger partial charge on any atom is -0.463 e. The molecule has 0 aliphatic carbocycles. The molecular formula is C67H85BrNa2O10P+. The fraction of sp³-hybridized carbons (Fsp3) is 0.239. The number of carbonyl (C=O) groups excluding carboxylic acids is 7. The molecule has 0 N–H and O–H groups in total. The van der Waals surface area contributed by atoms with Crippen LogP contribution < -0.4 is 75.0 Å². The summed E-state index contributed by atoms with van der Waals surface area (Å²) < 4.78 is 14.9. The average molecular weight is 1210 g/mol. The Kier molecular flexibility index (Phi) is 64.8. The molecule has 0 aliphatic heterocycles. The van der Waals surface area contributed by atoms with Crippen LogP contribution in [-0.2, 0) is 47.8 Å². The van der Waals surface area contributed by atoms with Crippen molar-refractivity contribution in [2.75, 3.05) is 26.0 Å². The number of esters is 3. The van der Waals surface area contributed by atoms with E-state index in [0.29, 0.717) is 37.1 Å². The first-order valence-corrected chi connectivity index (χ1v) is 26.1. The van der Waals surface area contributed by atoms with E-state index in [9.17, 15) is 33.6 Å². The molecule has 426 valence electrons.